The zero-order valence-electron chi connectivity index (χ0n) is 18.3. The number of cyclic esters (lactones) is 1. The van der Waals surface area contributed by atoms with Crippen molar-refractivity contribution in [3.05, 3.63) is 23.0 Å². The average molecular weight is 408 g/mol. The number of aromatic nitrogens is 1. The third-order valence-electron chi connectivity index (χ3n) is 5.52. The van der Waals surface area contributed by atoms with Crippen molar-refractivity contribution in [2.24, 2.45) is 0 Å². The van der Waals surface area contributed by atoms with E-state index in [1.807, 2.05) is 0 Å². The third-order valence-corrected chi connectivity index (χ3v) is 5.52. The zero-order chi connectivity index (χ0) is 21.1. The maximum absolute atomic E-state index is 12.7. The summed E-state index contributed by atoms with van der Waals surface area (Å²) in [5, 5.41) is 13.8. The van der Waals surface area contributed by atoms with Gasteiger partial charge < -0.3 is 19.1 Å². The van der Waals surface area contributed by atoms with Crippen molar-refractivity contribution in [3.8, 4) is 5.88 Å². The standard InChI is InChI=1S/C23H37NO5/c1-4-6-8-10-12-19(13-11-9-7-5-2)20-15-23(16-25,28-22(20)26)17-27-21-14-18(3)29-24-21/h14,25H,4-13,15-17H2,1-3H3. The lowest BCUT2D eigenvalue weighted by Gasteiger charge is -2.24. The Morgan fingerprint density at radius 2 is 1.79 bits per heavy atom. The summed E-state index contributed by atoms with van der Waals surface area (Å²) in [5.41, 5.74) is 0.902. The van der Waals surface area contributed by atoms with Crippen molar-refractivity contribution in [3.63, 3.8) is 0 Å². The van der Waals surface area contributed by atoms with E-state index in [9.17, 15) is 9.90 Å². The summed E-state index contributed by atoms with van der Waals surface area (Å²) in [7, 11) is 0. The number of esters is 1. The number of carbonyl (C=O) groups is 1. The fourth-order valence-electron chi connectivity index (χ4n) is 3.75. The topological polar surface area (TPSA) is 81.8 Å². The van der Waals surface area contributed by atoms with E-state index >= 15 is 0 Å². The summed E-state index contributed by atoms with van der Waals surface area (Å²) in [5.74, 6) is 0.673. The molecule has 1 unspecified atom stereocenters. The lowest BCUT2D eigenvalue weighted by molar-refractivity contribution is -0.153. The molecule has 6 nitrogen and oxygen atoms in total. The molecule has 2 heterocycles. The minimum absolute atomic E-state index is 0.0592. The van der Waals surface area contributed by atoms with E-state index in [0.717, 1.165) is 31.3 Å². The van der Waals surface area contributed by atoms with Gasteiger partial charge in [-0.3, -0.25) is 0 Å². The molecule has 1 aromatic rings. The van der Waals surface area contributed by atoms with Gasteiger partial charge in [-0.1, -0.05) is 57.9 Å². The largest absolute Gasteiger partial charge is 0.471 e. The van der Waals surface area contributed by atoms with Crippen LogP contribution in [0.25, 0.3) is 0 Å². The molecule has 1 aliphatic heterocycles. The summed E-state index contributed by atoms with van der Waals surface area (Å²) in [6, 6.07) is 1.67. The first kappa shape index (κ1) is 23.5. The van der Waals surface area contributed by atoms with Crippen LogP contribution in [0.2, 0.25) is 0 Å². The van der Waals surface area contributed by atoms with Gasteiger partial charge in [0.15, 0.2) is 5.60 Å². The number of hydrogen-bond donors (Lipinski definition) is 1. The van der Waals surface area contributed by atoms with Gasteiger partial charge in [0.1, 0.15) is 12.4 Å². The van der Waals surface area contributed by atoms with Gasteiger partial charge in [-0.25, -0.2) is 4.79 Å². The van der Waals surface area contributed by atoms with Crippen LogP contribution in [0.1, 0.15) is 90.2 Å². The van der Waals surface area contributed by atoms with E-state index in [4.69, 9.17) is 14.0 Å². The predicted molar refractivity (Wildman–Crippen MR) is 112 cm³/mol. The van der Waals surface area contributed by atoms with Crippen LogP contribution in [0, 0.1) is 6.92 Å². The van der Waals surface area contributed by atoms with Crippen molar-refractivity contribution in [2.45, 2.75) is 97.0 Å². The zero-order valence-corrected chi connectivity index (χ0v) is 18.3. The Bertz CT molecular complexity index is 652. The summed E-state index contributed by atoms with van der Waals surface area (Å²) in [6.45, 7) is 5.96. The first-order valence-electron chi connectivity index (χ1n) is 11.1. The van der Waals surface area contributed by atoms with Crippen LogP contribution in [0.15, 0.2) is 21.7 Å². The maximum Gasteiger partial charge on any atom is 0.334 e. The van der Waals surface area contributed by atoms with Gasteiger partial charge in [0.05, 0.1) is 6.61 Å². The molecule has 1 aliphatic rings. The Balaban J connectivity index is 2.07. The van der Waals surface area contributed by atoms with Crippen LogP contribution in [0.4, 0.5) is 0 Å². The monoisotopic (exact) mass is 407 g/mol. The van der Waals surface area contributed by atoms with Crippen LogP contribution < -0.4 is 4.74 Å². The average Bonchev–Trinajstić information content (AvgIpc) is 3.28. The molecule has 0 aromatic carbocycles. The second-order valence-corrected chi connectivity index (χ2v) is 8.18. The SMILES string of the molecule is CCCCCCC(CCCCCC)=C1CC(CO)(COc2cc(C)on2)OC1=O. The van der Waals surface area contributed by atoms with E-state index in [-0.39, 0.29) is 19.2 Å². The molecule has 0 saturated carbocycles. The third kappa shape index (κ3) is 7.18. The molecule has 1 fully saturated rings. The highest BCUT2D eigenvalue weighted by Gasteiger charge is 2.45. The highest BCUT2D eigenvalue weighted by Crippen LogP contribution is 2.36. The molecule has 0 spiro atoms. The van der Waals surface area contributed by atoms with Crippen LogP contribution in [-0.2, 0) is 9.53 Å². The number of nitrogens with zero attached hydrogens (tertiary/aromatic N) is 1. The molecule has 0 amide bonds. The molecule has 164 valence electrons. The molecule has 1 aromatic heterocycles. The Labute approximate surface area is 174 Å². The van der Waals surface area contributed by atoms with Gasteiger partial charge in [0.25, 0.3) is 5.88 Å². The molecule has 1 N–H and O–H groups in total. The number of ether oxygens (including phenoxy) is 2. The molecular weight excluding hydrogens is 370 g/mol. The minimum Gasteiger partial charge on any atom is -0.471 e. The van der Waals surface area contributed by atoms with Crippen molar-refractivity contribution >= 4 is 5.97 Å². The Morgan fingerprint density at radius 3 is 2.31 bits per heavy atom. The van der Waals surface area contributed by atoms with Gasteiger partial charge in [-0.2, -0.15) is 0 Å². The summed E-state index contributed by atoms with van der Waals surface area (Å²) < 4.78 is 16.3. The molecule has 1 saturated heterocycles. The highest BCUT2D eigenvalue weighted by atomic mass is 16.6. The molecule has 0 radical (unpaired) electrons. The predicted octanol–water partition coefficient (Wildman–Crippen LogP) is 5.28. The van der Waals surface area contributed by atoms with Gasteiger partial charge in [0, 0.05) is 18.1 Å². The van der Waals surface area contributed by atoms with Crippen molar-refractivity contribution in [1.82, 2.24) is 5.16 Å². The lowest BCUT2D eigenvalue weighted by Crippen LogP contribution is -2.39. The molecule has 29 heavy (non-hydrogen) atoms. The molecular formula is C23H37NO5. The number of aliphatic hydroxyl groups excluding tert-OH is 1. The summed E-state index contributed by atoms with van der Waals surface area (Å²) in [6.07, 6.45) is 11.6. The van der Waals surface area contributed by atoms with E-state index in [2.05, 4.69) is 19.0 Å². The number of aryl methyl sites for hydroxylation is 1. The number of carbonyl (C=O) groups excluding carboxylic acids is 1. The van der Waals surface area contributed by atoms with Gasteiger partial charge in [0.2, 0.25) is 0 Å². The quantitative estimate of drug-likeness (QED) is 0.257. The fraction of sp³-hybridized carbons (Fsp3) is 0.739. The van der Waals surface area contributed by atoms with Crippen molar-refractivity contribution < 1.29 is 23.9 Å². The summed E-state index contributed by atoms with van der Waals surface area (Å²) >= 11 is 0. The van der Waals surface area contributed by atoms with E-state index in [0.29, 0.717) is 18.1 Å². The number of allylic oxidation sites excluding steroid dienone is 1. The normalized spacial score (nSPS) is 18.9. The number of aliphatic hydroxyl groups is 1. The first-order chi connectivity index (χ1) is 14.0. The smallest absolute Gasteiger partial charge is 0.334 e. The van der Waals surface area contributed by atoms with Gasteiger partial charge in [-0.15, -0.1) is 0 Å². The lowest BCUT2D eigenvalue weighted by atomic mass is 9.91. The van der Waals surface area contributed by atoms with Gasteiger partial charge >= 0.3 is 5.97 Å². The van der Waals surface area contributed by atoms with Crippen LogP contribution >= 0.6 is 0 Å². The van der Waals surface area contributed by atoms with Crippen LogP contribution in [0.5, 0.6) is 5.88 Å². The van der Waals surface area contributed by atoms with E-state index in [1.54, 1.807) is 13.0 Å². The Kier molecular flexibility index (Phi) is 9.71. The molecule has 0 bridgehead atoms. The Hall–Kier alpha value is -1.82. The maximum atomic E-state index is 12.7. The van der Waals surface area contributed by atoms with Gasteiger partial charge in [-0.05, 0) is 37.8 Å². The summed E-state index contributed by atoms with van der Waals surface area (Å²) in [4.78, 5) is 12.7. The number of rotatable bonds is 14. The number of unbranched alkanes of at least 4 members (excludes halogenated alkanes) is 6. The number of hydrogen-bond acceptors (Lipinski definition) is 6. The molecule has 6 heteroatoms. The fourth-order valence-corrected chi connectivity index (χ4v) is 3.75. The van der Waals surface area contributed by atoms with Crippen molar-refractivity contribution in [1.29, 1.82) is 0 Å². The van der Waals surface area contributed by atoms with Crippen LogP contribution in [0.3, 0.4) is 0 Å². The van der Waals surface area contributed by atoms with Crippen molar-refractivity contribution in [2.75, 3.05) is 13.2 Å². The first-order valence-corrected chi connectivity index (χ1v) is 11.1. The Morgan fingerprint density at radius 1 is 1.14 bits per heavy atom. The molecule has 2 rings (SSSR count). The molecule has 0 aliphatic carbocycles. The van der Waals surface area contributed by atoms with E-state index < -0.39 is 5.60 Å². The second-order valence-electron chi connectivity index (χ2n) is 8.18. The van der Waals surface area contributed by atoms with Crippen LogP contribution in [-0.4, -0.2) is 35.0 Å². The van der Waals surface area contributed by atoms with E-state index in [1.165, 1.54) is 44.1 Å². The second kappa shape index (κ2) is 12.0. The highest BCUT2D eigenvalue weighted by molar-refractivity contribution is 5.92. The minimum atomic E-state index is -1.04. The molecule has 1 atom stereocenters.